The molecule has 9 heteroatoms. The standard InChI is InChI=1S/C23H32FN3O4S/c1-16(23(30)26-18-6-2-3-7-18)27(20-8-4-5-9-20)22(29)15-32(31)14-21(28)25-19-12-10-17(24)11-13-19/h10-13,16,18,20H,2-9,14-15H2,1H3,(H,25,28)(H,26,30). The summed E-state index contributed by atoms with van der Waals surface area (Å²) in [5, 5.41) is 5.61. The van der Waals surface area contributed by atoms with Crippen LogP contribution in [0, 0.1) is 5.82 Å². The molecule has 2 aliphatic carbocycles. The normalized spacial score (nSPS) is 18.8. The number of hydrogen-bond acceptors (Lipinski definition) is 4. The van der Waals surface area contributed by atoms with Gasteiger partial charge in [0.2, 0.25) is 17.7 Å². The van der Waals surface area contributed by atoms with E-state index in [2.05, 4.69) is 10.6 Å². The molecule has 3 rings (SSSR count). The van der Waals surface area contributed by atoms with Crippen LogP contribution in [-0.2, 0) is 25.2 Å². The van der Waals surface area contributed by atoms with Crippen LogP contribution in [0.5, 0.6) is 0 Å². The summed E-state index contributed by atoms with van der Waals surface area (Å²) in [5.74, 6) is -2.12. The Morgan fingerprint density at radius 3 is 2.25 bits per heavy atom. The minimum absolute atomic E-state index is 0.0446. The fraction of sp³-hybridized carbons (Fsp3) is 0.609. The van der Waals surface area contributed by atoms with Crippen LogP contribution >= 0.6 is 0 Å². The fourth-order valence-corrected chi connectivity index (χ4v) is 5.47. The number of rotatable bonds is 9. The SMILES string of the molecule is CC(C(=O)NC1CCCC1)N(C(=O)CS(=O)CC(=O)Nc1ccc(F)cc1)C1CCCC1. The van der Waals surface area contributed by atoms with E-state index in [-0.39, 0.29) is 35.4 Å². The van der Waals surface area contributed by atoms with Gasteiger partial charge in [0.05, 0.1) is 0 Å². The monoisotopic (exact) mass is 465 g/mol. The van der Waals surface area contributed by atoms with Gasteiger partial charge in [0.15, 0.2) is 0 Å². The van der Waals surface area contributed by atoms with Crippen molar-refractivity contribution >= 4 is 34.2 Å². The molecule has 0 aromatic heterocycles. The van der Waals surface area contributed by atoms with Crippen molar-refractivity contribution in [3.63, 3.8) is 0 Å². The summed E-state index contributed by atoms with van der Waals surface area (Å²) < 4.78 is 25.5. The molecule has 0 bridgehead atoms. The number of nitrogens with zero attached hydrogens (tertiary/aromatic N) is 1. The lowest BCUT2D eigenvalue weighted by atomic mass is 10.1. The topological polar surface area (TPSA) is 95.6 Å². The van der Waals surface area contributed by atoms with Gasteiger partial charge in [-0.25, -0.2) is 4.39 Å². The first-order valence-electron chi connectivity index (χ1n) is 11.4. The Morgan fingerprint density at radius 2 is 1.62 bits per heavy atom. The minimum atomic E-state index is -1.72. The second kappa shape index (κ2) is 11.5. The van der Waals surface area contributed by atoms with Crippen molar-refractivity contribution in [3.8, 4) is 0 Å². The molecule has 7 nitrogen and oxygen atoms in total. The first kappa shape index (κ1) is 24.4. The summed E-state index contributed by atoms with van der Waals surface area (Å²) >= 11 is 0. The van der Waals surface area contributed by atoms with Crippen molar-refractivity contribution in [2.75, 3.05) is 16.8 Å². The van der Waals surface area contributed by atoms with E-state index in [1.54, 1.807) is 11.8 Å². The first-order valence-corrected chi connectivity index (χ1v) is 12.8. The number of carbonyl (C=O) groups is 3. The average molecular weight is 466 g/mol. The fourth-order valence-electron chi connectivity index (χ4n) is 4.58. The van der Waals surface area contributed by atoms with Crippen LogP contribution in [0.3, 0.4) is 0 Å². The lowest BCUT2D eigenvalue weighted by molar-refractivity contribution is -0.140. The van der Waals surface area contributed by atoms with Gasteiger partial charge in [-0.15, -0.1) is 0 Å². The Hall–Kier alpha value is -2.29. The maximum absolute atomic E-state index is 13.1. The number of hydrogen-bond donors (Lipinski definition) is 2. The molecule has 0 aliphatic heterocycles. The van der Waals surface area contributed by atoms with Crippen molar-refractivity contribution in [1.29, 1.82) is 0 Å². The molecule has 176 valence electrons. The average Bonchev–Trinajstić information content (AvgIpc) is 3.44. The lowest BCUT2D eigenvalue weighted by Crippen LogP contribution is -2.54. The van der Waals surface area contributed by atoms with Gasteiger partial charge < -0.3 is 15.5 Å². The summed E-state index contributed by atoms with van der Waals surface area (Å²) in [7, 11) is -1.72. The van der Waals surface area contributed by atoms with Gasteiger partial charge in [0.1, 0.15) is 23.4 Å². The van der Waals surface area contributed by atoms with Gasteiger partial charge in [0.25, 0.3) is 0 Å². The van der Waals surface area contributed by atoms with E-state index < -0.39 is 28.6 Å². The van der Waals surface area contributed by atoms with E-state index in [1.165, 1.54) is 24.3 Å². The minimum Gasteiger partial charge on any atom is -0.352 e. The molecule has 2 saturated carbocycles. The highest BCUT2D eigenvalue weighted by Crippen LogP contribution is 2.26. The molecule has 0 heterocycles. The molecule has 2 fully saturated rings. The number of anilines is 1. The summed E-state index contributed by atoms with van der Waals surface area (Å²) in [6.45, 7) is 1.73. The second-order valence-electron chi connectivity index (χ2n) is 8.69. The zero-order valence-electron chi connectivity index (χ0n) is 18.5. The largest absolute Gasteiger partial charge is 0.352 e. The van der Waals surface area contributed by atoms with Crippen molar-refractivity contribution in [3.05, 3.63) is 30.1 Å². The lowest BCUT2D eigenvalue weighted by Gasteiger charge is -2.34. The van der Waals surface area contributed by atoms with Gasteiger partial charge in [-0.2, -0.15) is 0 Å². The van der Waals surface area contributed by atoms with Crippen molar-refractivity contribution in [2.45, 2.75) is 76.4 Å². The summed E-state index contributed by atoms with van der Waals surface area (Å²) in [6, 6.07) is 4.73. The number of carbonyl (C=O) groups excluding carboxylic acids is 3. The maximum Gasteiger partial charge on any atom is 0.242 e. The van der Waals surface area contributed by atoms with Crippen molar-refractivity contribution in [2.24, 2.45) is 0 Å². The second-order valence-corrected chi connectivity index (χ2v) is 10.1. The van der Waals surface area contributed by atoms with Gasteiger partial charge in [-0.3, -0.25) is 18.6 Å². The molecule has 0 spiro atoms. The van der Waals surface area contributed by atoms with E-state index >= 15 is 0 Å². The van der Waals surface area contributed by atoms with Crippen LogP contribution in [0.2, 0.25) is 0 Å². The number of halogens is 1. The van der Waals surface area contributed by atoms with Gasteiger partial charge in [-0.1, -0.05) is 25.7 Å². The maximum atomic E-state index is 13.1. The highest BCUT2D eigenvalue weighted by Gasteiger charge is 2.35. The first-order chi connectivity index (χ1) is 15.3. The summed E-state index contributed by atoms with van der Waals surface area (Å²) in [5.41, 5.74) is 0.393. The van der Waals surface area contributed by atoms with Crippen LogP contribution in [0.25, 0.3) is 0 Å². The molecular weight excluding hydrogens is 433 g/mol. The van der Waals surface area contributed by atoms with Gasteiger partial charge in [-0.05, 0) is 56.9 Å². The summed E-state index contributed by atoms with van der Waals surface area (Å²) in [6.07, 6.45) is 7.76. The van der Waals surface area contributed by atoms with Gasteiger partial charge >= 0.3 is 0 Å². The van der Waals surface area contributed by atoms with Crippen molar-refractivity contribution < 1.29 is 23.0 Å². The number of benzene rings is 1. The van der Waals surface area contributed by atoms with Crippen LogP contribution < -0.4 is 10.6 Å². The Morgan fingerprint density at radius 1 is 1.03 bits per heavy atom. The molecule has 32 heavy (non-hydrogen) atoms. The zero-order valence-corrected chi connectivity index (χ0v) is 19.3. The van der Waals surface area contributed by atoms with Gasteiger partial charge in [0, 0.05) is 28.6 Å². The molecule has 0 saturated heterocycles. The highest BCUT2D eigenvalue weighted by atomic mass is 32.2. The summed E-state index contributed by atoms with van der Waals surface area (Å²) in [4.78, 5) is 39.7. The van der Waals surface area contributed by atoms with E-state index in [4.69, 9.17) is 0 Å². The Balaban J connectivity index is 1.57. The quantitative estimate of drug-likeness (QED) is 0.586. The van der Waals surface area contributed by atoms with E-state index in [9.17, 15) is 23.0 Å². The molecule has 2 unspecified atom stereocenters. The van der Waals surface area contributed by atoms with E-state index in [0.29, 0.717) is 5.69 Å². The molecule has 1 aromatic carbocycles. The third-order valence-electron chi connectivity index (χ3n) is 6.21. The van der Waals surface area contributed by atoms with E-state index in [0.717, 1.165) is 51.4 Å². The number of nitrogens with one attached hydrogen (secondary N) is 2. The number of amides is 3. The smallest absolute Gasteiger partial charge is 0.242 e. The van der Waals surface area contributed by atoms with Crippen LogP contribution in [-0.4, -0.2) is 56.5 Å². The molecule has 3 amide bonds. The molecule has 2 atom stereocenters. The molecule has 2 aliphatic rings. The Labute approximate surface area is 191 Å². The predicted molar refractivity (Wildman–Crippen MR) is 122 cm³/mol. The van der Waals surface area contributed by atoms with Crippen LogP contribution in [0.1, 0.15) is 58.3 Å². The molecule has 0 radical (unpaired) electrons. The molecule has 2 N–H and O–H groups in total. The third-order valence-corrected chi connectivity index (χ3v) is 7.36. The molecule has 1 aromatic rings. The Kier molecular flexibility index (Phi) is 8.78. The molecular formula is C23H32FN3O4S. The van der Waals surface area contributed by atoms with E-state index in [1.807, 2.05) is 0 Å². The van der Waals surface area contributed by atoms with Crippen LogP contribution in [0.4, 0.5) is 10.1 Å². The third kappa shape index (κ3) is 6.85. The predicted octanol–water partition coefficient (Wildman–Crippen LogP) is 2.73. The zero-order chi connectivity index (χ0) is 23.1. The highest BCUT2D eigenvalue weighted by molar-refractivity contribution is 7.86. The van der Waals surface area contributed by atoms with Crippen LogP contribution in [0.15, 0.2) is 24.3 Å². The van der Waals surface area contributed by atoms with Crippen molar-refractivity contribution in [1.82, 2.24) is 10.2 Å². The Bertz CT molecular complexity index is 836.